The first-order chi connectivity index (χ1) is 13.4. The maximum atomic E-state index is 12.8. The molecular weight excluding hydrogens is 386 g/mol. The fourth-order valence-corrected chi connectivity index (χ4v) is 2.68. The maximum absolute atomic E-state index is 12.8. The van der Waals surface area contributed by atoms with Gasteiger partial charge in [0.05, 0.1) is 32.6 Å². The van der Waals surface area contributed by atoms with Gasteiger partial charge < -0.3 is 24.3 Å². The number of hydrogen-bond acceptors (Lipinski definition) is 6. The van der Waals surface area contributed by atoms with Crippen molar-refractivity contribution in [3.05, 3.63) is 47.0 Å². The highest BCUT2D eigenvalue weighted by atomic mass is 35.5. The van der Waals surface area contributed by atoms with Crippen LogP contribution in [0.1, 0.15) is 23.7 Å². The first-order valence-electron chi connectivity index (χ1n) is 8.50. The fourth-order valence-electron chi connectivity index (χ4n) is 2.50. The van der Waals surface area contributed by atoms with E-state index >= 15 is 0 Å². The van der Waals surface area contributed by atoms with Gasteiger partial charge in [0.2, 0.25) is 0 Å². The molecule has 0 aliphatic rings. The molecule has 28 heavy (non-hydrogen) atoms. The monoisotopic (exact) mass is 407 g/mol. The molecule has 0 saturated heterocycles. The molecule has 0 aliphatic carbocycles. The lowest BCUT2D eigenvalue weighted by Crippen LogP contribution is -2.33. The largest absolute Gasteiger partial charge is 0.493 e. The number of esters is 1. The molecule has 0 saturated carbocycles. The van der Waals surface area contributed by atoms with Crippen LogP contribution in [0, 0.1) is 0 Å². The van der Waals surface area contributed by atoms with Crippen LogP contribution < -0.4 is 19.5 Å². The molecule has 2 aromatic carbocycles. The number of methoxy groups -OCH3 is 3. The first kappa shape index (κ1) is 21.4. The smallest absolute Gasteiger partial charge is 0.340 e. The quantitative estimate of drug-likeness (QED) is 0.667. The molecular formula is C20H22ClNO6. The molecule has 0 bridgehead atoms. The van der Waals surface area contributed by atoms with Crippen molar-refractivity contribution in [2.75, 3.05) is 26.6 Å². The highest BCUT2D eigenvalue weighted by Crippen LogP contribution is 2.34. The number of anilines is 1. The van der Waals surface area contributed by atoms with Crippen LogP contribution in [-0.2, 0) is 9.53 Å². The van der Waals surface area contributed by atoms with Gasteiger partial charge in [-0.25, -0.2) is 4.79 Å². The molecule has 1 N–H and O–H groups in total. The van der Waals surface area contributed by atoms with E-state index in [4.69, 9.17) is 30.5 Å². The van der Waals surface area contributed by atoms with Gasteiger partial charge in [-0.3, -0.25) is 4.79 Å². The van der Waals surface area contributed by atoms with Crippen molar-refractivity contribution in [3.8, 4) is 17.2 Å². The zero-order valence-corrected chi connectivity index (χ0v) is 16.8. The predicted octanol–water partition coefficient (Wildman–Crippen LogP) is 3.94. The van der Waals surface area contributed by atoms with Crippen molar-refractivity contribution in [1.29, 1.82) is 0 Å². The molecule has 0 fully saturated rings. The van der Waals surface area contributed by atoms with Crippen molar-refractivity contribution < 1.29 is 28.5 Å². The molecule has 0 aromatic heterocycles. The third-order valence-corrected chi connectivity index (χ3v) is 4.16. The second-order valence-electron chi connectivity index (χ2n) is 5.71. The highest BCUT2D eigenvalue weighted by Gasteiger charge is 2.23. The molecule has 1 atom stereocenters. The SMILES string of the molecule is CC[C@H](Oc1cccc(Cl)c1)C(=O)Nc1cc(OC)c(OC)cc1C(=O)OC. The molecule has 0 radical (unpaired) electrons. The van der Waals surface area contributed by atoms with Crippen molar-refractivity contribution in [3.63, 3.8) is 0 Å². The van der Waals surface area contributed by atoms with Gasteiger partial charge in [0, 0.05) is 17.2 Å². The summed E-state index contributed by atoms with van der Waals surface area (Å²) in [5, 5.41) is 3.20. The highest BCUT2D eigenvalue weighted by molar-refractivity contribution is 6.30. The van der Waals surface area contributed by atoms with Crippen LogP contribution in [0.5, 0.6) is 17.2 Å². The number of carbonyl (C=O) groups is 2. The van der Waals surface area contributed by atoms with Crippen LogP contribution in [0.4, 0.5) is 5.69 Å². The Balaban J connectivity index is 2.30. The number of carbonyl (C=O) groups excluding carboxylic acids is 2. The minimum absolute atomic E-state index is 0.131. The molecule has 2 rings (SSSR count). The Morgan fingerprint density at radius 3 is 2.32 bits per heavy atom. The molecule has 0 heterocycles. The van der Waals surface area contributed by atoms with Crippen molar-refractivity contribution in [2.24, 2.45) is 0 Å². The summed E-state index contributed by atoms with van der Waals surface area (Å²) in [4.78, 5) is 24.9. The van der Waals surface area contributed by atoms with Crippen LogP contribution in [0.25, 0.3) is 0 Å². The zero-order valence-electron chi connectivity index (χ0n) is 16.1. The Hall–Kier alpha value is -2.93. The lowest BCUT2D eigenvalue weighted by molar-refractivity contribution is -0.122. The zero-order chi connectivity index (χ0) is 20.7. The van der Waals surface area contributed by atoms with E-state index in [1.165, 1.54) is 33.5 Å². The van der Waals surface area contributed by atoms with E-state index in [9.17, 15) is 9.59 Å². The second kappa shape index (κ2) is 9.85. The average Bonchev–Trinajstić information content (AvgIpc) is 2.70. The van der Waals surface area contributed by atoms with Crippen molar-refractivity contribution in [1.82, 2.24) is 0 Å². The van der Waals surface area contributed by atoms with Crippen molar-refractivity contribution in [2.45, 2.75) is 19.4 Å². The summed E-state index contributed by atoms with van der Waals surface area (Å²) in [7, 11) is 4.16. The summed E-state index contributed by atoms with van der Waals surface area (Å²) in [6.45, 7) is 1.81. The molecule has 150 valence electrons. The number of nitrogens with one attached hydrogen (secondary N) is 1. The molecule has 7 nitrogen and oxygen atoms in total. The Kier molecular flexibility index (Phi) is 7.52. The molecule has 2 aromatic rings. The van der Waals surface area contributed by atoms with E-state index < -0.39 is 18.0 Å². The van der Waals surface area contributed by atoms with E-state index in [2.05, 4.69) is 5.32 Å². The standard InChI is InChI=1S/C20H22ClNO6/c1-5-16(28-13-8-6-7-12(21)9-13)19(23)22-15-11-18(26-3)17(25-2)10-14(15)20(24)27-4/h6-11,16H,5H2,1-4H3,(H,22,23)/t16-/m0/s1. The lowest BCUT2D eigenvalue weighted by Gasteiger charge is -2.19. The Labute approximate surface area is 168 Å². The summed E-state index contributed by atoms with van der Waals surface area (Å²) in [6.07, 6.45) is -0.392. The van der Waals surface area contributed by atoms with Gasteiger partial charge in [-0.05, 0) is 24.6 Å². The van der Waals surface area contributed by atoms with E-state index in [1.54, 1.807) is 24.3 Å². The summed E-state index contributed by atoms with van der Waals surface area (Å²) < 4.78 is 21.0. The first-order valence-corrected chi connectivity index (χ1v) is 8.88. The van der Waals surface area contributed by atoms with E-state index in [-0.39, 0.29) is 11.3 Å². The molecule has 0 unspecified atom stereocenters. The van der Waals surface area contributed by atoms with E-state index in [1.807, 2.05) is 6.92 Å². The minimum Gasteiger partial charge on any atom is -0.493 e. The van der Waals surface area contributed by atoms with Crippen molar-refractivity contribution >= 4 is 29.2 Å². The summed E-state index contributed by atoms with van der Waals surface area (Å²) in [5.41, 5.74) is 0.355. The third kappa shape index (κ3) is 5.07. The molecule has 0 spiro atoms. The third-order valence-electron chi connectivity index (χ3n) is 3.92. The van der Waals surface area contributed by atoms with E-state index in [0.29, 0.717) is 28.7 Å². The Morgan fingerprint density at radius 1 is 1.07 bits per heavy atom. The Bertz CT molecular complexity index is 855. The number of halogens is 1. The van der Waals surface area contributed by atoms with Crippen LogP contribution in [0.3, 0.4) is 0 Å². The molecule has 1 amide bonds. The van der Waals surface area contributed by atoms with Gasteiger partial charge in [-0.15, -0.1) is 0 Å². The Morgan fingerprint density at radius 2 is 1.75 bits per heavy atom. The normalized spacial score (nSPS) is 11.3. The van der Waals surface area contributed by atoms with Crippen LogP contribution in [0.15, 0.2) is 36.4 Å². The molecule has 0 aliphatic heterocycles. The summed E-state index contributed by atoms with van der Waals surface area (Å²) in [5.74, 6) is 0.104. The lowest BCUT2D eigenvalue weighted by atomic mass is 10.1. The van der Waals surface area contributed by atoms with Crippen LogP contribution in [-0.4, -0.2) is 39.3 Å². The van der Waals surface area contributed by atoms with Crippen LogP contribution >= 0.6 is 11.6 Å². The average molecular weight is 408 g/mol. The van der Waals surface area contributed by atoms with E-state index in [0.717, 1.165) is 0 Å². The molecule has 8 heteroatoms. The van der Waals surface area contributed by atoms with Gasteiger partial charge in [-0.2, -0.15) is 0 Å². The minimum atomic E-state index is -0.794. The summed E-state index contributed by atoms with van der Waals surface area (Å²) >= 11 is 5.96. The van der Waals surface area contributed by atoms with Gasteiger partial charge >= 0.3 is 5.97 Å². The van der Waals surface area contributed by atoms with Gasteiger partial charge in [0.15, 0.2) is 17.6 Å². The number of benzene rings is 2. The summed E-state index contributed by atoms with van der Waals surface area (Å²) in [6, 6.07) is 9.70. The fraction of sp³-hybridized carbons (Fsp3) is 0.300. The van der Waals surface area contributed by atoms with Crippen LogP contribution in [0.2, 0.25) is 5.02 Å². The topological polar surface area (TPSA) is 83.1 Å². The second-order valence-corrected chi connectivity index (χ2v) is 6.14. The van der Waals surface area contributed by atoms with Gasteiger partial charge in [0.1, 0.15) is 5.75 Å². The van der Waals surface area contributed by atoms with Gasteiger partial charge in [0.25, 0.3) is 5.91 Å². The number of rotatable bonds is 8. The number of ether oxygens (including phenoxy) is 4. The van der Waals surface area contributed by atoms with Gasteiger partial charge in [-0.1, -0.05) is 24.6 Å². The maximum Gasteiger partial charge on any atom is 0.340 e. The number of hydrogen-bond donors (Lipinski definition) is 1. The number of amides is 1. The predicted molar refractivity (Wildman–Crippen MR) is 106 cm³/mol.